The topological polar surface area (TPSA) is 313 Å². The zero-order valence-corrected chi connectivity index (χ0v) is 63.3. The average Bonchev–Trinajstić information content (AvgIpc) is 1.57. The summed E-state index contributed by atoms with van der Waals surface area (Å²) in [6.45, 7) is 12.4. The smallest absolute Gasteiger partial charge is 0.330 e. The van der Waals surface area contributed by atoms with Gasteiger partial charge in [0, 0.05) is 78.7 Å². The Morgan fingerprint density at radius 3 is 1.17 bits per heavy atom. The van der Waals surface area contributed by atoms with Crippen LogP contribution in [0.5, 0.6) is 0 Å². The van der Waals surface area contributed by atoms with Crippen LogP contribution in [0.1, 0.15) is 101 Å². The minimum absolute atomic E-state index is 0.0251. The molecule has 2 unspecified atom stereocenters. The molecule has 1 fully saturated rings. The van der Waals surface area contributed by atoms with Crippen molar-refractivity contribution in [1.82, 2.24) is 0 Å². The average molecular weight is 1640 g/mol. The highest BCUT2D eigenvalue weighted by Gasteiger charge is 2.60. The molecule has 1 saturated heterocycles. The van der Waals surface area contributed by atoms with Crippen LogP contribution >= 0.6 is 0 Å². The highest BCUT2D eigenvalue weighted by atomic mass is 19.3. The Kier molecular flexibility index (Phi) is 41.8. The van der Waals surface area contributed by atoms with Crippen molar-refractivity contribution in [3.05, 3.63) is 299 Å². The third-order valence-corrected chi connectivity index (χ3v) is 17.6. The summed E-state index contributed by atoms with van der Waals surface area (Å²) in [6, 6.07) is 40.1. The van der Waals surface area contributed by atoms with Crippen molar-refractivity contribution in [2.45, 2.75) is 159 Å². The number of aldehydes is 1. The van der Waals surface area contributed by atoms with Crippen LogP contribution in [0.15, 0.2) is 203 Å². The first-order chi connectivity index (χ1) is 53.9. The van der Waals surface area contributed by atoms with Crippen LogP contribution < -0.4 is 0 Å². The zero-order chi connectivity index (χ0) is 87.5. The monoisotopic (exact) mass is 1640 g/mol. The van der Waals surface area contributed by atoms with Gasteiger partial charge in [0.25, 0.3) is 19.3 Å². The molecule has 0 amide bonds. The van der Waals surface area contributed by atoms with Crippen LogP contribution in [0, 0.1) is 52.6 Å². The van der Waals surface area contributed by atoms with Crippen LogP contribution in [-0.2, 0) is 46.0 Å². The number of carbonyl (C=O) groups is 2. The number of hydrogen-bond acceptors (Lipinski definition) is 13. The van der Waals surface area contributed by atoms with E-state index in [1.54, 1.807) is 68.4 Å². The summed E-state index contributed by atoms with van der Waals surface area (Å²) in [7, 11) is 2.52. The van der Waals surface area contributed by atoms with Crippen LogP contribution in [0.3, 0.4) is 0 Å². The zero-order valence-electron chi connectivity index (χ0n) is 63.3. The number of allylic oxidation sites excluding steroid dienone is 4. The minimum atomic E-state index is -3.25. The highest BCUT2D eigenvalue weighted by molar-refractivity contribution is 5.90. The van der Waals surface area contributed by atoms with E-state index in [4.69, 9.17) is 36.3 Å². The molecule has 8 rings (SSSR count). The molecule has 0 saturated carbocycles. The second kappa shape index (κ2) is 47.9. The number of ether oxygens (including phenoxy) is 3. The molecule has 0 aliphatic carbocycles. The molecule has 624 valence electrons. The quantitative estimate of drug-likeness (QED) is 0.00499. The van der Waals surface area contributed by atoms with E-state index in [0.29, 0.717) is 34.1 Å². The Balaban J connectivity index is 0.000000458. The summed E-state index contributed by atoms with van der Waals surface area (Å²) >= 11 is 0. The van der Waals surface area contributed by atoms with E-state index >= 15 is 0 Å². The van der Waals surface area contributed by atoms with Crippen molar-refractivity contribution in [1.29, 1.82) is 0 Å². The van der Waals surface area contributed by atoms with Gasteiger partial charge >= 0.3 is 5.97 Å². The Labute approximate surface area is 650 Å². The molecule has 36 heteroatoms. The largest absolute Gasteiger partial charge is 0.466 e. The molecule has 1 heterocycles. The van der Waals surface area contributed by atoms with Gasteiger partial charge in [0.1, 0.15) is 99.7 Å². The maximum atomic E-state index is 13.9. The first-order valence-electron chi connectivity index (χ1n) is 34.0. The van der Waals surface area contributed by atoms with Gasteiger partial charge in [-0.15, -0.1) is 0 Å². The van der Waals surface area contributed by atoms with Gasteiger partial charge in [-0.2, -0.15) is 0 Å². The number of aliphatic hydroxyl groups excluding tert-OH is 5. The molecule has 13 atom stereocenters. The highest BCUT2D eigenvalue weighted by Crippen LogP contribution is 2.49. The normalized spacial score (nSPS) is 17.4. The fraction of sp³-hybridized carbons (Fsp3) is 0.367. The van der Waals surface area contributed by atoms with E-state index in [-0.39, 0.29) is 39.5 Å². The third-order valence-electron chi connectivity index (χ3n) is 17.6. The Bertz CT molecular complexity index is 4410. The summed E-state index contributed by atoms with van der Waals surface area (Å²) in [4.78, 5) is 28.6. The molecule has 1 aliphatic rings. The maximum Gasteiger partial charge on any atom is 0.330 e. The predicted octanol–water partition coefficient (Wildman–Crippen LogP) is 20.0. The second-order valence-electron chi connectivity index (χ2n) is 25.6. The number of hydrogen-bond donors (Lipinski definition) is 5. The number of alkyl halides is 10. The molecule has 115 heavy (non-hydrogen) atoms. The first-order valence-corrected chi connectivity index (χ1v) is 34.0. The SMILES string of the molecule is C/C(=C\C(O)C(F)F)c1ccccc1F.C/C(=C\C=O)c1ccccc1F.CC(N=[N+]=[N-])(c1ccccc1F)[C@@H](O)[C@H](O)C(F)F.COC(=O)/C=C(\C)c1ccccc1F.CO[C@@H]([C@H](C)C(F)F)[C@](C)(N=[N+]=[N-])c1ccccc1F.C[C@@]1(c2ccccc2F)O[C@H]1[C@H](O)C(F)F.C[C@H](C(F)F)[C@H](O)[C@](C)(N=[N+]=[N-])c1ccccc1F. The maximum absolute atomic E-state index is 13.9. The van der Waals surface area contributed by atoms with E-state index in [1.165, 1.54) is 164 Å². The van der Waals surface area contributed by atoms with E-state index in [2.05, 4.69) is 34.8 Å². The van der Waals surface area contributed by atoms with Crippen molar-refractivity contribution >= 4 is 29.0 Å². The van der Waals surface area contributed by atoms with Gasteiger partial charge in [-0.05, 0) is 136 Å². The lowest BCUT2D eigenvalue weighted by Gasteiger charge is -2.36. The van der Waals surface area contributed by atoms with Gasteiger partial charge in [0.2, 0.25) is 12.9 Å². The van der Waals surface area contributed by atoms with Gasteiger partial charge < -0.3 is 39.7 Å². The van der Waals surface area contributed by atoms with Crippen molar-refractivity contribution in [2.75, 3.05) is 14.2 Å². The van der Waals surface area contributed by atoms with Crippen molar-refractivity contribution in [2.24, 2.45) is 27.2 Å². The number of halogens is 17. The lowest BCUT2D eigenvalue weighted by molar-refractivity contribution is -0.134. The Morgan fingerprint density at radius 1 is 0.478 bits per heavy atom. The van der Waals surface area contributed by atoms with Gasteiger partial charge in [0.05, 0.1) is 19.3 Å². The van der Waals surface area contributed by atoms with Crippen LogP contribution in [0.4, 0.5) is 74.6 Å². The number of rotatable bonds is 26. The van der Waals surface area contributed by atoms with Gasteiger partial charge in [-0.3, -0.25) is 4.79 Å². The number of benzene rings is 7. The van der Waals surface area contributed by atoms with E-state index in [0.717, 1.165) is 32.1 Å². The predicted molar refractivity (Wildman–Crippen MR) is 395 cm³/mol. The fourth-order valence-corrected chi connectivity index (χ4v) is 11.0. The number of epoxide rings is 1. The summed E-state index contributed by atoms with van der Waals surface area (Å²) in [5.41, 5.74) is 21.6. The molecule has 7 aromatic carbocycles. The second-order valence-corrected chi connectivity index (χ2v) is 25.6. The number of esters is 1. The van der Waals surface area contributed by atoms with Crippen molar-refractivity contribution < 1.29 is 124 Å². The molecule has 0 aromatic heterocycles. The Hall–Kier alpha value is -10.6. The standard InChI is InChI=1S/C13H16F3N3O.C12H14F3N3O.C11H12F3N3O2.C11H11F3O2.C11H11F3O.C11H11FO2.C10H9FO/c1-8(12(15)16)11(20-3)13(2,18-19-17)9-6-4-5-7-10(9)14;1-7(11(14)15)10(19)12(2,17-18-16)8-5-3-4-6-9(8)13;1-11(16-17-15,9(19)8(18)10(13)14)6-4-2-3-5-7(6)12;1-11(6-4-2-3-5-7(6)12)9(16-11)8(15)10(13)14;1-7(6-10(15)11(13)14)8-4-2-3-5-9(8)12;1-8(7-11(13)14-2)9-5-3-4-6-10(9)12;1-8(6-7-12)9-4-2-3-5-10(9)11/h4-8,11-12H,1-3H3;3-7,10-11,19H,1-2H3;2-5,8-10,18-19H,1H3;2-5,8-10,15H,1H3;2-6,10-11,15H,1H3;3-7H,1-2H3;2-7H,1H3/b;;;;7-6+;8-7+;8-6+/t8-,11-,13+;7-,10-,12+;8-,9-,11?;8-,9-,11-;;;/m0000.../s1. The van der Waals surface area contributed by atoms with Crippen LogP contribution in [0.25, 0.3) is 48.0 Å². The van der Waals surface area contributed by atoms with Crippen molar-refractivity contribution in [3.63, 3.8) is 0 Å². The van der Waals surface area contributed by atoms with E-state index < -0.39 is 144 Å². The molecule has 0 spiro atoms. The minimum Gasteiger partial charge on any atom is -0.466 e. The molecule has 7 aromatic rings. The summed E-state index contributed by atoms with van der Waals surface area (Å²) in [5, 5.41) is 57.1. The third kappa shape index (κ3) is 28.7. The Morgan fingerprint density at radius 2 is 0.826 bits per heavy atom. The summed E-state index contributed by atoms with van der Waals surface area (Å²) in [5.74, 6) is -7.02. The van der Waals surface area contributed by atoms with E-state index in [9.17, 15) is 99.5 Å². The lowest BCUT2D eigenvalue weighted by Crippen LogP contribution is -2.46. The molecule has 0 radical (unpaired) electrons. The molecular weight excluding hydrogens is 1560 g/mol. The molecule has 1 aliphatic heterocycles. The van der Waals surface area contributed by atoms with E-state index in [1.807, 2.05) is 0 Å². The number of azide groups is 3. The summed E-state index contributed by atoms with van der Waals surface area (Å²) in [6.07, 6.45) is -22.6. The van der Waals surface area contributed by atoms with Crippen LogP contribution in [0.2, 0.25) is 0 Å². The molecule has 19 nitrogen and oxygen atoms in total. The summed E-state index contributed by atoms with van der Waals surface area (Å²) < 4.78 is 233. The molecule has 5 N–H and O–H groups in total. The van der Waals surface area contributed by atoms with Gasteiger partial charge in [0.15, 0.2) is 0 Å². The first kappa shape index (κ1) is 100. The van der Waals surface area contributed by atoms with Crippen molar-refractivity contribution in [3.8, 4) is 0 Å². The van der Waals surface area contributed by atoms with Gasteiger partial charge in [-0.1, -0.05) is 157 Å². The molecule has 0 bridgehead atoms. The fourth-order valence-electron chi connectivity index (χ4n) is 11.0. The number of methoxy groups -OCH3 is 2. The van der Waals surface area contributed by atoms with Crippen LogP contribution in [-0.4, -0.2) is 127 Å². The number of nitrogens with zero attached hydrogens (tertiary/aromatic N) is 9. The van der Waals surface area contributed by atoms with Gasteiger partial charge in [-0.25, -0.2) is 79.4 Å². The number of aliphatic hydroxyl groups is 5. The lowest BCUT2D eigenvalue weighted by atomic mass is 9.81. The number of carbonyl (C=O) groups excluding carboxylic acids is 2. The molecular formula is C79H84F17N9O10.